The van der Waals surface area contributed by atoms with E-state index in [1.807, 2.05) is 0 Å². The van der Waals surface area contributed by atoms with Gasteiger partial charge in [-0.15, -0.1) is 0 Å². The molecule has 4 N–H and O–H groups in total. The minimum atomic E-state index is -1.36. The van der Waals surface area contributed by atoms with E-state index >= 15 is 0 Å². The minimum absolute atomic E-state index is 0.125. The van der Waals surface area contributed by atoms with Gasteiger partial charge in [0, 0.05) is 17.2 Å². The van der Waals surface area contributed by atoms with Crippen LogP contribution in [0.1, 0.15) is 6.92 Å². The van der Waals surface area contributed by atoms with E-state index in [0.717, 1.165) is 0 Å². The van der Waals surface area contributed by atoms with Gasteiger partial charge in [0.15, 0.2) is 0 Å². The Morgan fingerprint density at radius 1 is 1.21 bits per heavy atom. The molecule has 0 amide bonds. The molecule has 0 bridgehead atoms. The summed E-state index contributed by atoms with van der Waals surface area (Å²) < 4.78 is 0. The molecule has 0 aromatic heterocycles. The molecule has 0 heterocycles. The Labute approximate surface area is 86.1 Å². The molecule has 0 atom stereocenters. The van der Waals surface area contributed by atoms with E-state index in [9.17, 15) is 4.79 Å². The molecule has 0 fully saturated rings. The van der Waals surface area contributed by atoms with Gasteiger partial charge < -0.3 is 20.4 Å². The molecule has 7 heteroatoms. The lowest BCUT2D eigenvalue weighted by molar-refractivity contribution is -0.132. The Bertz CT molecular complexity index is 161. The molecule has 0 unspecified atom stereocenters. The molecule has 0 aliphatic rings. The monoisotopic (exact) mass is 228 g/mol. The number of aliphatic hydroxyl groups excluding tert-OH is 2. The number of hydrogen-bond acceptors (Lipinski definition) is 4. The van der Waals surface area contributed by atoms with Crippen molar-refractivity contribution in [3.63, 3.8) is 0 Å². The van der Waals surface area contributed by atoms with E-state index in [2.05, 4.69) is 18.2 Å². The van der Waals surface area contributed by atoms with Gasteiger partial charge in [-0.2, -0.15) is 0 Å². The highest BCUT2D eigenvalue weighted by Gasteiger charge is 1.90. The Morgan fingerprint density at radius 2 is 1.36 bits per heavy atom. The SMILES string of the molecule is C=C(C)C(=O)O.O=C(O)Cl.OCCO. The zero-order valence-electron chi connectivity index (χ0n) is 7.60. The first-order valence-electron chi connectivity index (χ1n) is 3.28. The van der Waals surface area contributed by atoms with E-state index < -0.39 is 11.4 Å². The first-order chi connectivity index (χ1) is 6.29. The molecule has 6 nitrogen and oxygen atoms in total. The molecule has 0 saturated carbocycles. The van der Waals surface area contributed by atoms with Crippen LogP contribution in [0.3, 0.4) is 0 Å². The topological polar surface area (TPSA) is 115 Å². The fourth-order valence-corrected chi connectivity index (χ4v) is 0. The maximum Gasteiger partial charge on any atom is 0.401 e. The van der Waals surface area contributed by atoms with E-state index in [1.165, 1.54) is 6.92 Å². The minimum Gasteiger partial charge on any atom is -0.478 e. The second-order valence-electron chi connectivity index (χ2n) is 1.79. The van der Waals surface area contributed by atoms with Crippen molar-refractivity contribution in [2.75, 3.05) is 13.2 Å². The third-order valence-corrected chi connectivity index (χ3v) is 0.465. The number of carboxylic acid groups (broad SMARTS) is 2. The van der Waals surface area contributed by atoms with Gasteiger partial charge in [-0.05, 0) is 6.92 Å². The molecule has 0 rings (SSSR count). The zero-order valence-corrected chi connectivity index (χ0v) is 8.36. The summed E-state index contributed by atoms with van der Waals surface area (Å²) in [6.45, 7) is 4.35. The third kappa shape index (κ3) is 70.4. The summed E-state index contributed by atoms with van der Waals surface area (Å²) in [7, 11) is 0. The average molecular weight is 229 g/mol. The van der Waals surface area contributed by atoms with Crippen molar-refractivity contribution >= 4 is 23.0 Å². The van der Waals surface area contributed by atoms with Crippen LogP contribution in [-0.2, 0) is 4.79 Å². The Kier molecular flexibility index (Phi) is 19.2. The lowest BCUT2D eigenvalue weighted by Crippen LogP contribution is -1.92. The number of aliphatic carboxylic acids is 1. The summed E-state index contributed by atoms with van der Waals surface area (Å²) in [6, 6.07) is 0. The van der Waals surface area contributed by atoms with Gasteiger partial charge >= 0.3 is 11.4 Å². The molecular weight excluding hydrogens is 216 g/mol. The maximum atomic E-state index is 9.60. The van der Waals surface area contributed by atoms with Crippen LogP contribution < -0.4 is 0 Å². The summed E-state index contributed by atoms with van der Waals surface area (Å²) in [4.78, 5) is 18.4. The normalized spacial score (nSPS) is 7.14. The van der Waals surface area contributed by atoms with Crippen molar-refractivity contribution < 1.29 is 30.0 Å². The summed E-state index contributed by atoms with van der Waals surface area (Å²) in [5, 5.41) is 30.3. The predicted octanol–water partition coefficient (Wildman–Crippen LogP) is 0.521. The highest BCUT2D eigenvalue weighted by molar-refractivity contribution is 6.60. The predicted molar refractivity (Wildman–Crippen MR) is 50.5 cm³/mol. The molecule has 0 spiro atoms. The molecule has 84 valence electrons. The zero-order chi connectivity index (χ0) is 12.1. The molecule has 0 aromatic carbocycles. The summed E-state index contributed by atoms with van der Waals surface area (Å²) in [5.41, 5.74) is -1.19. The van der Waals surface area contributed by atoms with Gasteiger partial charge in [0.05, 0.1) is 13.2 Å². The van der Waals surface area contributed by atoms with Gasteiger partial charge in [0.1, 0.15) is 0 Å². The van der Waals surface area contributed by atoms with Crippen LogP contribution in [0.5, 0.6) is 0 Å². The lowest BCUT2D eigenvalue weighted by atomic mass is 10.4. The fourth-order valence-electron chi connectivity index (χ4n) is 0. The molecule has 0 radical (unpaired) electrons. The van der Waals surface area contributed by atoms with E-state index in [1.54, 1.807) is 0 Å². The van der Waals surface area contributed by atoms with Gasteiger partial charge in [0.2, 0.25) is 0 Å². The van der Waals surface area contributed by atoms with Crippen LogP contribution in [0, 0.1) is 0 Å². The fraction of sp³-hybridized carbons (Fsp3) is 0.429. The summed E-state index contributed by atoms with van der Waals surface area (Å²) in [5.74, 6) is -0.935. The van der Waals surface area contributed by atoms with Crippen molar-refractivity contribution in [3.05, 3.63) is 12.2 Å². The van der Waals surface area contributed by atoms with E-state index in [4.69, 9.17) is 25.2 Å². The first-order valence-corrected chi connectivity index (χ1v) is 3.66. The van der Waals surface area contributed by atoms with Crippen LogP contribution in [0.2, 0.25) is 0 Å². The smallest absolute Gasteiger partial charge is 0.401 e. The van der Waals surface area contributed by atoms with E-state index in [-0.39, 0.29) is 18.8 Å². The van der Waals surface area contributed by atoms with E-state index in [0.29, 0.717) is 0 Å². The standard InChI is InChI=1S/C4H6O2.C2H6O2.CHClO2/c1-3(2)4(5)6;3-1-2-4;2-1(3)4/h1H2,2H3,(H,5,6);3-4H,1-2H2;(H,3,4). The second-order valence-corrected chi connectivity index (χ2v) is 2.11. The highest BCUT2D eigenvalue weighted by atomic mass is 35.5. The average Bonchev–Trinajstić information content (AvgIpc) is 2.03. The van der Waals surface area contributed by atoms with Crippen LogP contribution in [0.25, 0.3) is 0 Å². The van der Waals surface area contributed by atoms with Crippen molar-refractivity contribution in [2.45, 2.75) is 6.92 Å². The number of hydrogen-bond donors (Lipinski definition) is 4. The Hall–Kier alpha value is -1.11. The molecule has 0 aliphatic carbocycles. The van der Waals surface area contributed by atoms with Crippen LogP contribution in [0.15, 0.2) is 12.2 Å². The van der Waals surface area contributed by atoms with Crippen molar-refractivity contribution in [1.82, 2.24) is 0 Å². The largest absolute Gasteiger partial charge is 0.478 e. The first kappa shape index (κ1) is 18.6. The second kappa shape index (κ2) is 14.4. The molecule has 14 heavy (non-hydrogen) atoms. The molecule has 0 saturated heterocycles. The Morgan fingerprint density at radius 3 is 1.36 bits per heavy atom. The number of aliphatic hydroxyl groups is 2. The molecule has 0 aromatic rings. The van der Waals surface area contributed by atoms with Crippen LogP contribution >= 0.6 is 11.6 Å². The molecule has 0 aliphatic heterocycles. The van der Waals surface area contributed by atoms with Crippen LogP contribution in [0.4, 0.5) is 4.79 Å². The summed E-state index contributed by atoms with van der Waals surface area (Å²) in [6.07, 6.45) is 0. The number of carboxylic acids is 1. The van der Waals surface area contributed by atoms with Gasteiger partial charge in [-0.3, -0.25) is 0 Å². The summed E-state index contributed by atoms with van der Waals surface area (Å²) >= 11 is 4.19. The molecular formula is C7H13ClO6. The number of halogens is 1. The van der Waals surface area contributed by atoms with Gasteiger partial charge in [-0.25, -0.2) is 9.59 Å². The van der Waals surface area contributed by atoms with Crippen LogP contribution in [-0.4, -0.2) is 45.0 Å². The lowest BCUT2D eigenvalue weighted by Gasteiger charge is -1.79. The van der Waals surface area contributed by atoms with Gasteiger partial charge in [0.25, 0.3) is 0 Å². The quantitative estimate of drug-likeness (QED) is 0.405. The maximum absolute atomic E-state index is 9.60. The van der Waals surface area contributed by atoms with Crippen molar-refractivity contribution in [1.29, 1.82) is 0 Å². The number of rotatable bonds is 2. The Balaban J connectivity index is -0.000000135. The van der Waals surface area contributed by atoms with Crippen molar-refractivity contribution in [2.24, 2.45) is 0 Å². The third-order valence-electron chi connectivity index (χ3n) is 0.465. The highest BCUT2D eigenvalue weighted by Crippen LogP contribution is 1.81. The number of carbonyl (C=O) groups is 2. The van der Waals surface area contributed by atoms with Gasteiger partial charge in [-0.1, -0.05) is 6.58 Å². The van der Waals surface area contributed by atoms with Crippen molar-refractivity contribution in [3.8, 4) is 0 Å².